The minimum atomic E-state index is -0.492. The van der Waals surface area contributed by atoms with E-state index in [-0.39, 0.29) is 17.2 Å². The molecule has 0 aromatic heterocycles. The molecule has 1 aromatic rings. The zero-order chi connectivity index (χ0) is 17.9. The van der Waals surface area contributed by atoms with Crippen LogP contribution in [0.4, 0.5) is 4.79 Å². The van der Waals surface area contributed by atoms with Crippen molar-refractivity contribution in [1.82, 2.24) is 4.90 Å². The van der Waals surface area contributed by atoms with Crippen LogP contribution in [0.1, 0.15) is 12.5 Å². The van der Waals surface area contributed by atoms with E-state index in [9.17, 15) is 14.4 Å². The van der Waals surface area contributed by atoms with E-state index in [1.165, 1.54) is 28.3 Å². The lowest BCUT2D eigenvalue weighted by Gasteiger charge is -2.13. The summed E-state index contributed by atoms with van der Waals surface area (Å²) in [5.74, 6) is 0.555. The van der Waals surface area contributed by atoms with Gasteiger partial charge in [0.15, 0.2) is 11.5 Å². The Hall–Kier alpha value is -2.48. The molecule has 1 fully saturated rings. The topological polar surface area (TPSA) is 82.1 Å². The SMILES string of the molecule is COc1cc(/C=C2\SC(=O)N(CC(C)=O)C2=O)cc(OC)c1OC. The molecule has 2 rings (SSSR count). The Morgan fingerprint density at radius 3 is 2.17 bits per heavy atom. The summed E-state index contributed by atoms with van der Waals surface area (Å²) in [7, 11) is 4.47. The predicted octanol–water partition coefficient (Wildman–Crippen LogP) is 2.34. The fourth-order valence-corrected chi connectivity index (χ4v) is 3.03. The van der Waals surface area contributed by atoms with Gasteiger partial charge in [-0.15, -0.1) is 0 Å². The highest BCUT2D eigenvalue weighted by Gasteiger charge is 2.35. The van der Waals surface area contributed by atoms with Crippen molar-refractivity contribution in [2.75, 3.05) is 27.9 Å². The van der Waals surface area contributed by atoms with Crippen LogP contribution in [-0.2, 0) is 9.59 Å². The lowest BCUT2D eigenvalue weighted by molar-refractivity contribution is -0.127. The molecule has 1 saturated heterocycles. The number of imide groups is 1. The molecule has 0 radical (unpaired) electrons. The molecule has 1 aromatic carbocycles. The Morgan fingerprint density at radius 2 is 1.71 bits per heavy atom. The maximum absolute atomic E-state index is 12.3. The molecule has 1 aliphatic heterocycles. The van der Waals surface area contributed by atoms with E-state index in [4.69, 9.17) is 14.2 Å². The van der Waals surface area contributed by atoms with Gasteiger partial charge in [0.25, 0.3) is 11.1 Å². The fraction of sp³-hybridized carbons (Fsp3) is 0.312. The Balaban J connectivity index is 2.39. The van der Waals surface area contributed by atoms with Crippen LogP contribution in [0.15, 0.2) is 17.0 Å². The number of ketones is 1. The van der Waals surface area contributed by atoms with Gasteiger partial charge in [0.2, 0.25) is 5.75 Å². The minimum Gasteiger partial charge on any atom is -0.493 e. The molecule has 0 saturated carbocycles. The number of Topliss-reactive ketones (excluding diaryl/α,β-unsaturated/α-hetero) is 1. The van der Waals surface area contributed by atoms with Gasteiger partial charge in [0.1, 0.15) is 5.78 Å². The maximum Gasteiger partial charge on any atom is 0.293 e. The van der Waals surface area contributed by atoms with E-state index in [0.717, 1.165) is 16.7 Å². The molecule has 128 valence electrons. The molecule has 24 heavy (non-hydrogen) atoms. The summed E-state index contributed by atoms with van der Waals surface area (Å²) >= 11 is 0.789. The van der Waals surface area contributed by atoms with Gasteiger partial charge in [-0.2, -0.15) is 0 Å². The number of rotatable bonds is 6. The Kier molecular flexibility index (Phi) is 5.50. The van der Waals surface area contributed by atoms with Crippen molar-refractivity contribution >= 4 is 34.8 Å². The summed E-state index contributed by atoms with van der Waals surface area (Å²) in [6.07, 6.45) is 1.55. The maximum atomic E-state index is 12.3. The Bertz CT molecular complexity index is 702. The highest BCUT2D eigenvalue weighted by Crippen LogP contribution is 2.40. The average Bonchev–Trinajstić information content (AvgIpc) is 2.80. The minimum absolute atomic E-state index is 0.225. The second-order valence-corrected chi connectivity index (χ2v) is 5.92. The first-order chi connectivity index (χ1) is 11.4. The van der Waals surface area contributed by atoms with Gasteiger partial charge in [0.05, 0.1) is 32.8 Å². The highest BCUT2D eigenvalue weighted by molar-refractivity contribution is 8.18. The zero-order valence-electron chi connectivity index (χ0n) is 13.7. The second-order valence-electron chi connectivity index (χ2n) is 4.93. The summed E-state index contributed by atoms with van der Waals surface area (Å²) in [5, 5.41) is -0.464. The molecule has 0 spiro atoms. The predicted molar refractivity (Wildman–Crippen MR) is 89.5 cm³/mol. The molecule has 0 atom stereocenters. The number of nitrogens with zero attached hydrogens (tertiary/aromatic N) is 1. The number of thioether (sulfide) groups is 1. The van der Waals surface area contributed by atoms with Crippen molar-refractivity contribution < 1.29 is 28.6 Å². The van der Waals surface area contributed by atoms with Crippen LogP contribution in [0.3, 0.4) is 0 Å². The number of amides is 2. The molecule has 1 aliphatic rings. The molecule has 0 N–H and O–H groups in total. The van der Waals surface area contributed by atoms with E-state index in [1.807, 2.05) is 0 Å². The van der Waals surface area contributed by atoms with Crippen LogP contribution in [0, 0.1) is 0 Å². The van der Waals surface area contributed by atoms with Crippen LogP contribution in [0.2, 0.25) is 0 Å². The molecule has 0 bridgehead atoms. The number of hydrogen-bond acceptors (Lipinski definition) is 7. The number of ether oxygens (including phenoxy) is 3. The van der Waals surface area contributed by atoms with Crippen molar-refractivity contribution in [3.8, 4) is 17.2 Å². The molecule has 0 unspecified atom stereocenters. The first kappa shape index (κ1) is 17.9. The molecule has 8 heteroatoms. The third kappa shape index (κ3) is 3.53. The summed E-state index contributed by atoms with van der Waals surface area (Å²) in [5.41, 5.74) is 0.609. The van der Waals surface area contributed by atoms with Crippen LogP contribution >= 0.6 is 11.8 Å². The summed E-state index contributed by atoms with van der Waals surface area (Å²) in [6.45, 7) is 1.10. The number of carbonyl (C=O) groups is 3. The van der Waals surface area contributed by atoms with Crippen molar-refractivity contribution in [2.45, 2.75) is 6.92 Å². The van der Waals surface area contributed by atoms with Crippen LogP contribution < -0.4 is 14.2 Å². The number of methoxy groups -OCH3 is 3. The van der Waals surface area contributed by atoms with Gasteiger partial charge in [-0.3, -0.25) is 19.3 Å². The Morgan fingerprint density at radius 1 is 1.12 bits per heavy atom. The zero-order valence-corrected chi connectivity index (χ0v) is 14.6. The monoisotopic (exact) mass is 351 g/mol. The quantitative estimate of drug-likeness (QED) is 0.728. The van der Waals surface area contributed by atoms with Crippen molar-refractivity contribution in [3.05, 3.63) is 22.6 Å². The summed E-state index contributed by atoms with van der Waals surface area (Å²) in [6, 6.07) is 3.33. The lowest BCUT2D eigenvalue weighted by atomic mass is 10.1. The van der Waals surface area contributed by atoms with Gasteiger partial charge in [0, 0.05) is 0 Å². The van der Waals surface area contributed by atoms with Crippen molar-refractivity contribution in [1.29, 1.82) is 0 Å². The third-order valence-corrected chi connectivity index (χ3v) is 4.15. The van der Waals surface area contributed by atoms with Crippen molar-refractivity contribution in [2.24, 2.45) is 0 Å². The lowest BCUT2D eigenvalue weighted by Crippen LogP contribution is -2.32. The van der Waals surface area contributed by atoms with E-state index in [0.29, 0.717) is 22.8 Å². The van der Waals surface area contributed by atoms with Crippen LogP contribution in [-0.4, -0.2) is 49.7 Å². The largest absolute Gasteiger partial charge is 0.493 e. The number of hydrogen-bond donors (Lipinski definition) is 0. The van der Waals surface area contributed by atoms with Gasteiger partial charge < -0.3 is 14.2 Å². The first-order valence-electron chi connectivity index (χ1n) is 6.96. The van der Waals surface area contributed by atoms with Gasteiger partial charge in [-0.05, 0) is 42.5 Å². The standard InChI is InChI=1S/C16H17NO6S/c1-9(18)8-17-15(19)13(24-16(17)20)7-10-5-11(21-2)14(23-4)12(6-10)22-3/h5-7H,8H2,1-4H3/b13-7-. The van der Waals surface area contributed by atoms with E-state index in [1.54, 1.807) is 18.2 Å². The fourth-order valence-electron chi connectivity index (χ4n) is 2.20. The molecule has 1 heterocycles. The highest BCUT2D eigenvalue weighted by atomic mass is 32.2. The Labute approximate surface area is 143 Å². The molecular weight excluding hydrogens is 334 g/mol. The third-order valence-electron chi connectivity index (χ3n) is 3.24. The molecule has 2 amide bonds. The average molecular weight is 351 g/mol. The summed E-state index contributed by atoms with van der Waals surface area (Å²) < 4.78 is 15.8. The van der Waals surface area contributed by atoms with Gasteiger partial charge >= 0.3 is 0 Å². The number of carbonyl (C=O) groups excluding carboxylic acids is 3. The van der Waals surface area contributed by atoms with Crippen LogP contribution in [0.5, 0.6) is 17.2 Å². The van der Waals surface area contributed by atoms with E-state index < -0.39 is 11.1 Å². The smallest absolute Gasteiger partial charge is 0.293 e. The summed E-state index contributed by atoms with van der Waals surface area (Å²) in [4.78, 5) is 36.5. The number of benzene rings is 1. The van der Waals surface area contributed by atoms with E-state index >= 15 is 0 Å². The normalized spacial score (nSPS) is 15.8. The second kappa shape index (κ2) is 7.39. The van der Waals surface area contributed by atoms with E-state index in [2.05, 4.69) is 0 Å². The molecular formula is C16H17NO6S. The molecule has 0 aliphatic carbocycles. The molecule has 7 nitrogen and oxygen atoms in total. The van der Waals surface area contributed by atoms with Crippen molar-refractivity contribution in [3.63, 3.8) is 0 Å². The first-order valence-corrected chi connectivity index (χ1v) is 7.77. The van der Waals surface area contributed by atoms with Crippen LogP contribution in [0.25, 0.3) is 6.08 Å². The van der Waals surface area contributed by atoms with Gasteiger partial charge in [-0.1, -0.05) is 0 Å². The van der Waals surface area contributed by atoms with Gasteiger partial charge in [-0.25, -0.2) is 0 Å².